The molecule has 1 aromatic rings. The summed E-state index contributed by atoms with van der Waals surface area (Å²) in [5, 5.41) is 15.7. The monoisotopic (exact) mass is 465 g/mol. The van der Waals surface area contributed by atoms with Gasteiger partial charge in [-0.3, -0.25) is 9.79 Å². The number of hydrogen-bond donors (Lipinski definition) is 2. The summed E-state index contributed by atoms with van der Waals surface area (Å²) in [6.07, 6.45) is 6.99. The maximum Gasteiger partial charge on any atom is 0.339 e. The fraction of sp³-hybridized carbons (Fsp3) is 0.652. The molecule has 0 radical (unpaired) electrons. The van der Waals surface area contributed by atoms with Crippen molar-refractivity contribution in [3.63, 3.8) is 0 Å². The zero-order valence-corrected chi connectivity index (χ0v) is 20.3. The molecule has 0 spiro atoms. The van der Waals surface area contributed by atoms with Crippen molar-refractivity contribution in [3.8, 4) is 5.75 Å². The minimum Gasteiger partial charge on any atom is -0.493 e. The second kappa shape index (κ2) is 12.7. The van der Waals surface area contributed by atoms with E-state index in [0.717, 1.165) is 19.3 Å². The molecule has 0 saturated carbocycles. The van der Waals surface area contributed by atoms with Gasteiger partial charge in [-0.05, 0) is 26.7 Å². The summed E-state index contributed by atoms with van der Waals surface area (Å²) in [5.74, 6) is 1.000. The number of rotatable bonds is 13. The fourth-order valence-electron chi connectivity index (χ4n) is 3.35. The summed E-state index contributed by atoms with van der Waals surface area (Å²) in [7, 11) is 0. The first-order chi connectivity index (χ1) is 15.3. The average molecular weight is 466 g/mol. The van der Waals surface area contributed by atoms with Gasteiger partial charge in [0.15, 0.2) is 0 Å². The third-order valence-electron chi connectivity index (χ3n) is 5.29. The lowest BCUT2D eigenvalue weighted by Crippen LogP contribution is -2.45. The summed E-state index contributed by atoms with van der Waals surface area (Å²) in [6.45, 7) is 8.09. The molecule has 0 aliphatic carbocycles. The molecule has 1 aromatic heterocycles. The van der Waals surface area contributed by atoms with Gasteiger partial charge in [-0.2, -0.15) is 0 Å². The first-order valence-electron chi connectivity index (χ1n) is 11.3. The van der Waals surface area contributed by atoms with E-state index in [4.69, 9.17) is 14.4 Å². The van der Waals surface area contributed by atoms with Crippen molar-refractivity contribution in [1.82, 2.24) is 5.32 Å². The van der Waals surface area contributed by atoms with E-state index in [-0.39, 0.29) is 5.91 Å². The molecule has 1 amide bonds. The molecule has 2 N–H and O–H groups in total. The second-order valence-corrected chi connectivity index (χ2v) is 9.22. The predicted octanol–water partition coefficient (Wildman–Crippen LogP) is 4.70. The maximum absolute atomic E-state index is 13.1. The molecule has 2 heterocycles. The minimum absolute atomic E-state index is 0.269. The van der Waals surface area contributed by atoms with Crippen LogP contribution in [0.1, 0.15) is 84.4 Å². The highest BCUT2D eigenvalue weighted by Gasteiger charge is 2.40. The number of carbonyl (C=O) groups excluding carboxylic acids is 1. The molecule has 2 atom stereocenters. The standard InChI is InChI=1S/C23H35N3O5S/c1-5-7-8-9-10-12-30-17-13-19(31-20(27)14-17)18(11-6-2)24-22(28)23(4)15-32-21(25-23)16(3)26-29/h13-14,18,29H,5-12,15H2,1-4H3,(H,24,28)/b26-16-/t18-,23+/m1/s1. The lowest BCUT2D eigenvalue weighted by Gasteiger charge is -2.24. The van der Waals surface area contributed by atoms with Gasteiger partial charge in [0, 0.05) is 11.8 Å². The van der Waals surface area contributed by atoms with E-state index in [2.05, 4.69) is 22.4 Å². The molecular weight excluding hydrogens is 430 g/mol. The van der Waals surface area contributed by atoms with Crippen LogP contribution in [0.4, 0.5) is 0 Å². The Morgan fingerprint density at radius 1 is 1.31 bits per heavy atom. The van der Waals surface area contributed by atoms with Crippen LogP contribution in [0.5, 0.6) is 5.75 Å². The van der Waals surface area contributed by atoms with Crippen molar-refractivity contribution in [2.45, 2.75) is 84.2 Å². The third-order valence-corrected chi connectivity index (χ3v) is 6.66. The molecule has 9 heteroatoms. The molecule has 0 bridgehead atoms. The van der Waals surface area contributed by atoms with Crippen molar-refractivity contribution < 1.29 is 19.2 Å². The predicted molar refractivity (Wildman–Crippen MR) is 128 cm³/mol. The number of oxime groups is 1. The largest absolute Gasteiger partial charge is 0.493 e. The number of nitrogens with one attached hydrogen (secondary N) is 1. The molecule has 0 saturated heterocycles. The third kappa shape index (κ3) is 7.39. The number of unbranched alkanes of at least 4 members (excludes halogenated alkanes) is 4. The highest BCUT2D eigenvalue weighted by Crippen LogP contribution is 2.30. The van der Waals surface area contributed by atoms with Crippen LogP contribution in [-0.2, 0) is 4.79 Å². The molecule has 1 aliphatic heterocycles. The average Bonchev–Trinajstić information content (AvgIpc) is 3.18. The molecule has 178 valence electrons. The van der Waals surface area contributed by atoms with Gasteiger partial charge in [0.1, 0.15) is 27.8 Å². The quantitative estimate of drug-likeness (QED) is 0.189. The zero-order chi connectivity index (χ0) is 23.6. The number of ether oxygens (including phenoxy) is 1. The Balaban J connectivity index is 2.09. The first kappa shape index (κ1) is 26.0. The summed E-state index contributed by atoms with van der Waals surface area (Å²) >= 11 is 1.37. The number of hydrogen-bond acceptors (Lipinski definition) is 8. The van der Waals surface area contributed by atoms with Gasteiger partial charge in [-0.15, -0.1) is 11.8 Å². The van der Waals surface area contributed by atoms with E-state index in [1.54, 1.807) is 19.9 Å². The van der Waals surface area contributed by atoms with E-state index in [1.807, 2.05) is 6.92 Å². The van der Waals surface area contributed by atoms with Crippen LogP contribution in [0, 0.1) is 0 Å². The normalized spacial score (nSPS) is 19.5. The number of amides is 1. The van der Waals surface area contributed by atoms with Gasteiger partial charge in [0.2, 0.25) is 5.91 Å². The number of aliphatic imine (C=N–C) groups is 1. The van der Waals surface area contributed by atoms with Crippen LogP contribution in [0.15, 0.2) is 31.5 Å². The van der Waals surface area contributed by atoms with Gasteiger partial charge in [-0.25, -0.2) is 4.79 Å². The maximum atomic E-state index is 13.1. The summed E-state index contributed by atoms with van der Waals surface area (Å²) in [4.78, 5) is 29.7. The van der Waals surface area contributed by atoms with Crippen LogP contribution in [0.2, 0.25) is 0 Å². The Labute approximate surface area is 193 Å². The highest BCUT2D eigenvalue weighted by atomic mass is 32.2. The van der Waals surface area contributed by atoms with Gasteiger partial charge in [0.05, 0.1) is 18.7 Å². The van der Waals surface area contributed by atoms with E-state index in [0.29, 0.717) is 41.0 Å². The van der Waals surface area contributed by atoms with Gasteiger partial charge < -0.3 is 19.7 Å². The molecular formula is C23H35N3O5S. The van der Waals surface area contributed by atoms with E-state index < -0.39 is 17.2 Å². The van der Waals surface area contributed by atoms with Crippen molar-refractivity contribution >= 4 is 28.4 Å². The van der Waals surface area contributed by atoms with Crippen molar-refractivity contribution in [2.24, 2.45) is 10.1 Å². The van der Waals surface area contributed by atoms with Crippen molar-refractivity contribution in [1.29, 1.82) is 0 Å². The first-order valence-corrected chi connectivity index (χ1v) is 12.3. The Morgan fingerprint density at radius 3 is 2.75 bits per heavy atom. The van der Waals surface area contributed by atoms with E-state index in [9.17, 15) is 9.59 Å². The van der Waals surface area contributed by atoms with Crippen LogP contribution in [-0.4, -0.2) is 39.8 Å². The van der Waals surface area contributed by atoms with Gasteiger partial charge in [-0.1, -0.05) is 51.1 Å². The van der Waals surface area contributed by atoms with E-state index in [1.165, 1.54) is 37.1 Å². The van der Waals surface area contributed by atoms with Crippen LogP contribution in [0.3, 0.4) is 0 Å². The topological polar surface area (TPSA) is 113 Å². The molecule has 8 nitrogen and oxygen atoms in total. The molecule has 0 unspecified atom stereocenters. The summed E-state index contributed by atoms with van der Waals surface area (Å²) in [5.41, 5.74) is -1.12. The zero-order valence-electron chi connectivity index (χ0n) is 19.5. The second-order valence-electron chi connectivity index (χ2n) is 8.26. The van der Waals surface area contributed by atoms with Gasteiger partial charge >= 0.3 is 5.63 Å². The Bertz CT molecular complexity index is 883. The molecule has 32 heavy (non-hydrogen) atoms. The molecule has 1 aliphatic rings. The number of nitrogens with zero attached hydrogens (tertiary/aromatic N) is 2. The Kier molecular flexibility index (Phi) is 10.3. The van der Waals surface area contributed by atoms with E-state index >= 15 is 0 Å². The number of thioether (sulfide) groups is 1. The van der Waals surface area contributed by atoms with Crippen LogP contribution in [0.25, 0.3) is 0 Å². The minimum atomic E-state index is -0.995. The Morgan fingerprint density at radius 2 is 2.06 bits per heavy atom. The Hall–Kier alpha value is -2.29. The molecule has 0 fully saturated rings. The lowest BCUT2D eigenvalue weighted by molar-refractivity contribution is -0.125. The molecule has 0 aromatic carbocycles. The fourth-order valence-corrected chi connectivity index (χ4v) is 4.48. The highest BCUT2D eigenvalue weighted by molar-refractivity contribution is 8.16. The van der Waals surface area contributed by atoms with Crippen LogP contribution >= 0.6 is 11.8 Å². The lowest BCUT2D eigenvalue weighted by atomic mass is 10.0. The summed E-state index contributed by atoms with van der Waals surface area (Å²) in [6, 6.07) is 2.56. The van der Waals surface area contributed by atoms with Crippen molar-refractivity contribution in [3.05, 3.63) is 28.3 Å². The SMILES string of the molecule is CCCCCCCOc1cc([C@@H](CCC)NC(=O)[C@]2(C)CSC(/C(C)=N\O)=N2)oc(=O)c1. The number of carbonyl (C=O) groups is 1. The molecule has 2 rings (SSSR count). The smallest absolute Gasteiger partial charge is 0.339 e. The van der Waals surface area contributed by atoms with Crippen molar-refractivity contribution in [2.75, 3.05) is 12.4 Å². The summed E-state index contributed by atoms with van der Waals surface area (Å²) < 4.78 is 11.2. The van der Waals surface area contributed by atoms with Crippen LogP contribution < -0.4 is 15.7 Å². The van der Waals surface area contributed by atoms with Gasteiger partial charge in [0.25, 0.3) is 0 Å².